The minimum absolute atomic E-state index is 0.105. The van der Waals surface area contributed by atoms with Crippen molar-refractivity contribution < 1.29 is 19.1 Å². The van der Waals surface area contributed by atoms with E-state index in [0.29, 0.717) is 47.3 Å². The molecule has 0 bridgehead atoms. The van der Waals surface area contributed by atoms with E-state index >= 15 is 0 Å². The molecule has 3 rings (SSSR count). The number of thioether (sulfide) groups is 1. The number of anilines is 1. The Hall–Kier alpha value is -3.14. The number of ether oxygens (including phenoxy) is 1. The van der Waals surface area contributed by atoms with Crippen molar-refractivity contribution in [2.24, 2.45) is 5.41 Å². The maximum absolute atomic E-state index is 13.9. The summed E-state index contributed by atoms with van der Waals surface area (Å²) in [6, 6.07) is 6.95. The van der Waals surface area contributed by atoms with Gasteiger partial charge in [-0.15, -0.1) is 0 Å². The van der Waals surface area contributed by atoms with Crippen LogP contribution in [0.25, 0.3) is 11.3 Å². The minimum atomic E-state index is -0.584. The van der Waals surface area contributed by atoms with E-state index in [0.717, 1.165) is 5.56 Å². The molecule has 0 saturated carbocycles. The second-order valence-corrected chi connectivity index (χ2v) is 11.6. The lowest BCUT2D eigenvalue weighted by atomic mass is 9.87. The van der Waals surface area contributed by atoms with Gasteiger partial charge >= 0.3 is 12.0 Å². The molecule has 1 aliphatic rings. The third kappa shape index (κ3) is 7.67. The number of carbonyl (C=O) groups excluding carboxylic acids is 3. The Labute approximate surface area is 223 Å². The fourth-order valence-electron chi connectivity index (χ4n) is 4.24. The molecule has 2 N–H and O–H groups in total. The highest BCUT2D eigenvalue weighted by molar-refractivity contribution is 7.98. The number of rotatable bonds is 7. The predicted molar refractivity (Wildman–Crippen MR) is 146 cm³/mol. The Kier molecular flexibility index (Phi) is 8.84. The monoisotopic (exact) mass is 527 g/mol. The topological polar surface area (TPSA) is 114 Å². The zero-order chi connectivity index (χ0) is 27.4. The molecular formula is C27H37N5O4S. The van der Waals surface area contributed by atoms with E-state index < -0.39 is 5.60 Å². The lowest BCUT2D eigenvalue weighted by Gasteiger charge is -2.29. The summed E-state index contributed by atoms with van der Waals surface area (Å²) in [7, 11) is 0. The summed E-state index contributed by atoms with van der Waals surface area (Å²) in [5, 5.41) is 6.06. The maximum Gasteiger partial charge on any atom is 0.319 e. The molecule has 200 valence electrons. The number of nitrogens with one attached hydrogen (secondary N) is 2. The number of nitrogens with zero attached hydrogens (tertiary/aromatic N) is 3. The average Bonchev–Trinajstić information content (AvgIpc) is 2.89. The van der Waals surface area contributed by atoms with Gasteiger partial charge in [0.05, 0.1) is 23.4 Å². The van der Waals surface area contributed by atoms with Crippen LogP contribution < -0.4 is 10.6 Å². The van der Waals surface area contributed by atoms with Gasteiger partial charge in [0.1, 0.15) is 5.60 Å². The number of fused-ring (bicyclic) bond motifs is 1. The van der Waals surface area contributed by atoms with Gasteiger partial charge in [-0.25, -0.2) is 14.8 Å². The number of hydrogen-bond donors (Lipinski definition) is 2. The Morgan fingerprint density at radius 3 is 2.43 bits per heavy atom. The molecule has 1 aliphatic heterocycles. The number of benzene rings is 1. The zero-order valence-corrected chi connectivity index (χ0v) is 23.5. The van der Waals surface area contributed by atoms with Crippen LogP contribution in [0.15, 0.2) is 29.4 Å². The van der Waals surface area contributed by atoms with Gasteiger partial charge in [0.25, 0.3) is 5.91 Å². The molecule has 0 saturated heterocycles. The molecule has 1 aromatic carbocycles. The molecular weight excluding hydrogens is 490 g/mol. The van der Waals surface area contributed by atoms with E-state index in [1.54, 1.807) is 17.0 Å². The van der Waals surface area contributed by atoms with Gasteiger partial charge in [-0.05, 0) is 57.9 Å². The number of carbonyl (C=O) groups is 3. The van der Waals surface area contributed by atoms with Crippen LogP contribution in [0.5, 0.6) is 0 Å². The summed E-state index contributed by atoms with van der Waals surface area (Å²) in [6.45, 7) is 12.8. The highest BCUT2D eigenvalue weighted by Crippen LogP contribution is 2.35. The van der Waals surface area contributed by atoms with Crippen molar-refractivity contribution in [1.82, 2.24) is 20.2 Å². The SMILES string of the molecule is CCNC(=O)Nc1ccc(-c2nc(SC)nc3c2C(=O)N(CCC(=O)OC(C)(C)C)CC(C)(C)C3)cc1. The Balaban J connectivity index is 1.98. The third-order valence-electron chi connectivity index (χ3n) is 5.67. The molecule has 0 spiro atoms. The largest absolute Gasteiger partial charge is 0.460 e. The molecule has 1 aromatic heterocycles. The summed E-state index contributed by atoms with van der Waals surface area (Å²) < 4.78 is 5.46. The van der Waals surface area contributed by atoms with Gasteiger partial charge in [-0.1, -0.05) is 37.7 Å². The summed E-state index contributed by atoms with van der Waals surface area (Å²) in [6.07, 6.45) is 2.60. The first-order valence-electron chi connectivity index (χ1n) is 12.4. The number of esters is 1. The molecule has 0 aliphatic carbocycles. The molecule has 3 amide bonds. The van der Waals surface area contributed by atoms with E-state index in [1.807, 2.05) is 46.1 Å². The van der Waals surface area contributed by atoms with Gasteiger partial charge < -0.3 is 20.3 Å². The number of amides is 3. The predicted octanol–water partition coefficient (Wildman–Crippen LogP) is 4.76. The van der Waals surface area contributed by atoms with Crippen LogP contribution >= 0.6 is 11.8 Å². The van der Waals surface area contributed by atoms with Gasteiger partial charge in [0.15, 0.2) is 5.16 Å². The van der Waals surface area contributed by atoms with E-state index in [1.165, 1.54) is 11.8 Å². The quantitative estimate of drug-likeness (QED) is 0.303. The summed E-state index contributed by atoms with van der Waals surface area (Å²) >= 11 is 1.42. The van der Waals surface area contributed by atoms with E-state index in [-0.39, 0.29) is 36.3 Å². The molecule has 9 nitrogen and oxygen atoms in total. The smallest absolute Gasteiger partial charge is 0.319 e. The molecule has 0 fully saturated rings. The van der Waals surface area contributed by atoms with Crippen molar-refractivity contribution in [3.8, 4) is 11.3 Å². The van der Waals surface area contributed by atoms with Crippen molar-refractivity contribution >= 4 is 35.4 Å². The molecule has 37 heavy (non-hydrogen) atoms. The molecule has 2 aromatic rings. The third-order valence-corrected chi connectivity index (χ3v) is 6.22. The molecule has 0 radical (unpaired) electrons. The summed E-state index contributed by atoms with van der Waals surface area (Å²) in [5.41, 5.74) is 2.24. The van der Waals surface area contributed by atoms with Gasteiger partial charge in [-0.3, -0.25) is 9.59 Å². The van der Waals surface area contributed by atoms with Crippen LogP contribution in [0.3, 0.4) is 0 Å². The minimum Gasteiger partial charge on any atom is -0.460 e. The van der Waals surface area contributed by atoms with Crippen LogP contribution in [0.2, 0.25) is 0 Å². The highest BCUT2D eigenvalue weighted by atomic mass is 32.2. The maximum atomic E-state index is 13.9. The second-order valence-electron chi connectivity index (χ2n) is 10.8. The van der Waals surface area contributed by atoms with Crippen molar-refractivity contribution in [3.63, 3.8) is 0 Å². The van der Waals surface area contributed by atoms with Crippen molar-refractivity contribution in [2.45, 2.75) is 65.1 Å². The van der Waals surface area contributed by atoms with Crippen molar-refractivity contribution in [2.75, 3.05) is 31.2 Å². The Morgan fingerprint density at radius 2 is 1.84 bits per heavy atom. The fraction of sp³-hybridized carbons (Fsp3) is 0.519. The van der Waals surface area contributed by atoms with Gasteiger partial charge in [0.2, 0.25) is 0 Å². The van der Waals surface area contributed by atoms with Crippen LogP contribution in [0, 0.1) is 5.41 Å². The van der Waals surface area contributed by atoms with Gasteiger partial charge in [0, 0.05) is 30.9 Å². The summed E-state index contributed by atoms with van der Waals surface area (Å²) in [4.78, 5) is 49.4. The lowest BCUT2D eigenvalue weighted by Crippen LogP contribution is -2.39. The average molecular weight is 528 g/mol. The van der Waals surface area contributed by atoms with Gasteiger partial charge in [-0.2, -0.15) is 0 Å². The Morgan fingerprint density at radius 1 is 1.16 bits per heavy atom. The van der Waals surface area contributed by atoms with Crippen LogP contribution in [0.4, 0.5) is 10.5 Å². The lowest BCUT2D eigenvalue weighted by molar-refractivity contribution is -0.155. The second kappa shape index (κ2) is 11.5. The molecule has 10 heteroatoms. The first-order chi connectivity index (χ1) is 17.3. The van der Waals surface area contributed by atoms with Crippen LogP contribution in [-0.2, 0) is 16.0 Å². The van der Waals surface area contributed by atoms with E-state index in [9.17, 15) is 14.4 Å². The van der Waals surface area contributed by atoms with Crippen LogP contribution in [0.1, 0.15) is 64.0 Å². The van der Waals surface area contributed by atoms with E-state index in [4.69, 9.17) is 14.7 Å². The summed E-state index contributed by atoms with van der Waals surface area (Å²) in [5.74, 6) is -0.539. The van der Waals surface area contributed by atoms with E-state index in [2.05, 4.69) is 24.5 Å². The molecule has 0 atom stereocenters. The highest BCUT2D eigenvalue weighted by Gasteiger charge is 2.36. The first-order valence-corrected chi connectivity index (χ1v) is 13.7. The zero-order valence-electron chi connectivity index (χ0n) is 22.7. The number of aromatic nitrogens is 2. The fourth-order valence-corrected chi connectivity index (χ4v) is 4.62. The normalized spacial score (nSPS) is 15.0. The van der Waals surface area contributed by atoms with Crippen molar-refractivity contribution in [3.05, 3.63) is 35.5 Å². The first kappa shape index (κ1) is 28.4. The van der Waals surface area contributed by atoms with Crippen molar-refractivity contribution in [1.29, 1.82) is 0 Å². The van der Waals surface area contributed by atoms with Crippen LogP contribution in [-0.4, -0.2) is 64.3 Å². The Bertz CT molecular complexity index is 1160. The molecule has 2 heterocycles. The number of hydrogen-bond acceptors (Lipinski definition) is 7. The standard InChI is InChI=1S/C27H37N5O4S/c1-8-28-24(35)29-18-11-9-17(10-12-18)22-21-19(30-25(31-22)37-7)15-27(5,6)16-32(23(21)34)14-13-20(33)36-26(2,3)4/h9-12H,8,13-16H2,1-7H3,(H2,28,29,35). The number of urea groups is 1. The molecule has 0 unspecified atom stereocenters.